The van der Waals surface area contributed by atoms with E-state index in [0.29, 0.717) is 18.0 Å². The molecule has 20 heavy (non-hydrogen) atoms. The number of benzene rings is 1. The SMILES string of the molecule is CC(C)CCNC(CO)C(O)c1ccc([N+](=O)[O-])cc1. The van der Waals surface area contributed by atoms with E-state index in [0.717, 1.165) is 6.42 Å². The van der Waals surface area contributed by atoms with E-state index in [1.807, 2.05) is 0 Å². The van der Waals surface area contributed by atoms with E-state index in [2.05, 4.69) is 19.2 Å². The highest BCUT2D eigenvalue weighted by atomic mass is 16.6. The molecule has 3 N–H and O–H groups in total. The first-order valence-electron chi connectivity index (χ1n) is 6.72. The lowest BCUT2D eigenvalue weighted by Gasteiger charge is -2.23. The number of nitrogens with one attached hydrogen (secondary N) is 1. The number of non-ortho nitro benzene ring substituents is 1. The van der Waals surface area contributed by atoms with Crippen LogP contribution in [-0.4, -0.2) is 34.3 Å². The Hall–Kier alpha value is -1.50. The fraction of sp³-hybridized carbons (Fsp3) is 0.571. The zero-order valence-corrected chi connectivity index (χ0v) is 11.8. The largest absolute Gasteiger partial charge is 0.395 e. The van der Waals surface area contributed by atoms with E-state index < -0.39 is 17.1 Å². The van der Waals surface area contributed by atoms with Crippen LogP contribution in [0.4, 0.5) is 5.69 Å². The van der Waals surface area contributed by atoms with Gasteiger partial charge in [0.05, 0.1) is 23.7 Å². The maximum atomic E-state index is 10.6. The first kappa shape index (κ1) is 16.6. The van der Waals surface area contributed by atoms with Crippen molar-refractivity contribution in [2.45, 2.75) is 32.4 Å². The fourth-order valence-corrected chi connectivity index (χ4v) is 1.86. The molecule has 0 bridgehead atoms. The zero-order valence-electron chi connectivity index (χ0n) is 11.8. The minimum absolute atomic E-state index is 0.0192. The first-order chi connectivity index (χ1) is 9.45. The van der Waals surface area contributed by atoms with Gasteiger partial charge in [0.15, 0.2) is 0 Å². The van der Waals surface area contributed by atoms with Gasteiger partial charge in [-0.3, -0.25) is 10.1 Å². The Labute approximate surface area is 118 Å². The van der Waals surface area contributed by atoms with Crippen LogP contribution in [0.3, 0.4) is 0 Å². The first-order valence-corrected chi connectivity index (χ1v) is 6.72. The molecule has 0 spiro atoms. The smallest absolute Gasteiger partial charge is 0.269 e. The Bertz CT molecular complexity index is 420. The van der Waals surface area contributed by atoms with Crippen LogP contribution in [0.25, 0.3) is 0 Å². The van der Waals surface area contributed by atoms with E-state index in [4.69, 9.17) is 0 Å². The Morgan fingerprint density at radius 1 is 1.30 bits per heavy atom. The fourth-order valence-electron chi connectivity index (χ4n) is 1.86. The van der Waals surface area contributed by atoms with Gasteiger partial charge in [-0.1, -0.05) is 13.8 Å². The summed E-state index contributed by atoms with van der Waals surface area (Å²) in [6.07, 6.45) is 0.0525. The standard InChI is InChI=1S/C14H22N2O4/c1-10(2)7-8-15-13(9-17)14(18)11-3-5-12(6-4-11)16(19)20/h3-6,10,13-15,17-18H,7-9H2,1-2H3. The molecule has 0 saturated carbocycles. The minimum Gasteiger partial charge on any atom is -0.395 e. The van der Waals surface area contributed by atoms with Crippen LogP contribution in [-0.2, 0) is 0 Å². The molecule has 0 aromatic heterocycles. The molecule has 6 heteroatoms. The molecule has 2 unspecified atom stereocenters. The number of hydrogen-bond donors (Lipinski definition) is 3. The summed E-state index contributed by atoms with van der Waals surface area (Å²) in [7, 11) is 0. The molecule has 0 aliphatic carbocycles. The summed E-state index contributed by atoms with van der Waals surface area (Å²) in [5.41, 5.74) is 0.529. The van der Waals surface area contributed by atoms with E-state index >= 15 is 0 Å². The van der Waals surface area contributed by atoms with E-state index in [-0.39, 0.29) is 12.3 Å². The van der Waals surface area contributed by atoms with Gasteiger partial charge in [0, 0.05) is 12.1 Å². The number of nitro groups is 1. The highest BCUT2D eigenvalue weighted by Gasteiger charge is 2.20. The second-order valence-electron chi connectivity index (χ2n) is 5.22. The number of rotatable bonds is 8. The van der Waals surface area contributed by atoms with Crippen molar-refractivity contribution in [3.05, 3.63) is 39.9 Å². The summed E-state index contributed by atoms with van der Waals surface area (Å²) < 4.78 is 0. The van der Waals surface area contributed by atoms with E-state index in [1.165, 1.54) is 24.3 Å². The maximum Gasteiger partial charge on any atom is 0.269 e. The number of aliphatic hydroxyl groups excluding tert-OH is 2. The minimum atomic E-state index is -0.895. The number of nitrogens with zero attached hydrogens (tertiary/aromatic N) is 1. The highest BCUT2D eigenvalue weighted by Crippen LogP contribution is 2.20. The lowest BCUT2D eigenvalue weighted by atomic mass is 10.0. The molecule has 2 atom stereocenters. The summed E-state index contributed by atoms with van der Waals surface area (Å²) in [5, 5.41) is 33.2. The summed E-state index contributed by atoms with van der Waals surface area (Å²) >= 11 is 0. The molecule has 1 rings (SSSR count). The van der Waals surface area contributed by atoms with E-state index in [9.17, 15) is 20.3 Å². The summed E-state index contributed by atoms with van der Waals surface area (Å²) in [4.78, 5) is 10.1. The predicted octanol–water partition coefficient (Wildman–Crippen LogP) is 1.62. The average molecular weight is 282 g/mol. The van der Waals surface area contributed by atoms with Crippen LogP contribution < -0.4 is 5.32 Å². The van der Waals surface area contributed by atoms with Crippen LogP contribution in [0.1, 0.15) is 31.9 Å². The maximum absolute atomic E-state index is 10.6. The number of hydrogen-bond acceptors (Lipinski definition) is 5. The van der Waals surface area contributed by atoms with Gasteiger partial charge in [-0.05, 0) is 36.6 Å². The molecule has 1 aromatic rings. The number of aliphatic hydroxyl groups is 2. The zero-order chi connectivity index (χ0) is 15.1. The van der Waals surface area contributed by atoms with Crippen molar-refractivity contribution in [1.82, 2.24) is 5.32 Å². The molecule has 0 aliphatic rings. The molecular formula is C14H22N2O4. The lowest BCUT2D eigenvalue weighted by molar-refractivity contribution is -0.384. The summed E-state index contributed by atoms with van der Waals surface area (Å²) in [5.74, 6) is 0.540. The Morgan fingerprint density at radius 2 is 1.90 bits per heavy atom. The van der Waals surface area contributed by atoms with Crippen molar-refractivity contribution in [3.63, 3.8) is 0 Å². The molecule has 0 aliphatic heterocycles. The second kappa shape index (κ2) is 7.94. The number of nitro benzene ring substituents is 1. The molecule has 6 nitrogen and oxygen atoms in total. The predicted molar refractivity (Wildman–Crippen MR) is 76.4 cm³/mol. The summed E-state index contributed by atoms with van der Waals surface area (Å²) in [6, 6.07) is 5.24. The molecule has 0 amide bonds. The van der Waals surface area contributed by atoms with Crippen LogP contribution in [0.5, 0.6) is 0 Å². The van der Waals surface area contributed by atoms with Gasteiger partial charge < -0.3 is 15.5 Å². The topological polar surface area (TPSA) is 95.6 Å². The van der Waals surface area contributed by atoms with Crippen molar-refractivity contribution in [2.75, 3.05) is 13.2 Å². The monoisotopic (exact) mass is 282 g/mol. The van der Waals surface area contributed by atoms with Crippen LogP contribution in [0.15, 0.2) is 24.3 Å². The molecule has 0 radical (unpaired) electrons. The molecule has 0 saturated heterocycles. The third kappa shape index (κ3) is 4.88. The second-order valence-corrected chi connectivity index (χ2v) is 5.22. The third-order valence-electron chi connectivity index (χ3n) is 3.15. The Kier molecular flexibility index (Phi) is 6.57. The molecule has 1 aromatic carbocycles. The van der Waals surface area contributed by atoms with Gasteiger partial charge in [-0.15, -0.1) is 0 Å². The average Bonchev–Trinajstić information content (AvgIpc) is 2.42. The van der Waals surface area contributed by atoms with Gasteiger partial charge in [0.2, 0.25) is 0 Å². The normalized spacial score (nSPS) is 14.2. The van der Waals surface area contributed by atoms with Gasteiger partial charge >= 0.3 is 0 Å². The molecular weight excluding hydrogens is 260 g/mol. The van der Waals surface area contributed by atoms with Crippen molar-refractivity contribution in [1.29, 1.82) is 0 Å². The van der Waals surface area contributed by atoms with Gasteiger partial charge in [0.1, 0.15) is 0 Å². The van der Waals surface area contributed by atoms with Gasteiger partial charge in [-0.2, -0.15) is 0 Å². The van der Waals surface area contributed by atoms with Crippen LogP contribution in [0, 0.1) is 16.0 Å². The molecule has 0 heterocycles. The van der Waals surface area contributed by atoms with E-state index in [1.54, 1.807) is 0 Å². The highest BCUT2D eigenvalue weighted by molar-refractivity contribution is 5.34. The molecule has 112 valence electrons. The Balaban J connectivity index is 2.65. The van der Waals surface area contributed by atoms with Gasteiger partial charge in [0.25, 0.3) is 5.69 Å². The van der Waals surface area contributed by atoms with Crippen molar-refractivity contribution >= 4 is 5.69 Å². The van der Waals surface area contributed by atoms with Crippen LogP contribution >= 0.6 is 0 Å². The van der Waals surface area contributed by atoms with Gasteiger partial charge in [-0.25, -0.2) is 0 Å². The third-order valence-corrected chi connectivity index (χ3v) is 3.15. The molecule has 0 fully saturated rings. The quantitative estimate of drug-likeness (QED) is 0.497. The lowest BCUT2D eigenvalue weighted by Crippen LogP contribution is -2.39. The van der Waals surface area contributed by atoms with Crippen molar-refractivity contribution in [3.8, 4) is 0 Å². The van der Waals surface area contributed by atoms with Crippen molar-refractivity contribution < 1.29 is 15.1 Å². The Morgan fingerprint density at radius 3 is 2.35 bits per heavy atom. The van der Waals surface area contributed by atoms with Crippen LogP contribution in [0.2, 0.25) is 0 Å². The summed E-state index contributed by atoms with van der Waals surface area (Å²) in [6.45, 7) is 4.70. The van der Waals surface area contributed by atoms with Crippen molar-refractivity contribution in [2.24, 2.45) is 5.92 Å².